The summed E-state index contributed by atoms with van der Waals surface area (Å²) >= 11 is 0. The average Bonchev–Trinajstić information content (AvgIpc) is 3.32. The zero-order chi connectivity index (χ0) is 52.9. The van der Waals surface area contributed by atoms with Gasteiger partial charge in [-0.05, 0) is 61.8 Å². The lowest BCUT2D eigenvalue weighted by Gasteiger charge is -2.43. The number of aliphatic hydroxyl groups excluding tert-OH is 1. The van der Waals surface area contributed by atoms with Crippen molar-refractivity contribution in [1.29, 1.82) is 0 Å². The molecule has 2 aliphatic heterocycles. The van der Waals surface area contributed by atoms with Crippen LogP contribution in [0.4, 0.5) is 0 Å². The summed E-state index contributed by atoms with van der Waals surface area (Å²) in [5.74, 6) is -9.20. The number of fused-ring (bicyclic) bond motifs is 2. The van der Waals surface area contributed by atoms with Crippen LogP contribution in [0.2, 0.25) is 0 Å². The molecule has 71 heavy (non-hydrogen) atoms. The highest BCUT2D eigenvalue weighted by atomic mass is 32.3. The number of hydrogen-bond donors (Lipinski definition) is 8. The minimum absolute atomic E-state index is 0.0724. The molecule has 24 heteroatoms. The van der Waals surface area contributed by atoms with Crippen molar-refractivity contribution in [3.63, 3.8) is 0 Å². The fourth-order valence-corrected chi connectivity index (χ4v) is 8.26. The summed E-state index contributed by atoms with van der Waals surface area (Å²) in [5.41, 5.74) is 0.646. The van der Waals surface area contributed by atoms with Crippen LogP contribution < -0.4 is 26.6 Å². The molecule has 8 N–H and O–H groups in total. The normalized spacial score (nSPS) is 25.1. The lowest BCUT2D eigenvalue weighted by atomic mass is 9.95. The quantitative estimate of drug-likeness (QED) is 0.0648. The highest BCUT2D eigenvalue weighted by Crippen LogP contribution is 2.26. The Kier molecular flexibility index (Phi) is 20.6. The molecule has 2 aromatic carbocycles. The average molecular weight is 1020 g/mol. The molecular formula is C47H65N7O16S. The third kappa shape index (κ3) is 15.5. The van der Waals surface area contributed by atoms with Crippen molar-refractivity contribution in [3.05, 3.63) is 77.5 Å². The first-order valence-electron chi connectivity index (χ1n) is 23.0. The van der Waals surface area contributed by atoms with E-state index in [1.807, 2.05) is 0 Å². The Morgan fingerprint density at radius 2 is 1.52 bits per heavy atom. The van der Waals surface area contributed by atoms with E-state index in [0.717, 1.165) is 16.9 Å². The van der Waals surface area contributed by atoms with Crippen LogP contribution in [0, 0.1) is 11.8 Å². The number of nitrogens with zero attached hydrogens (tertiary/aromatic N) is 2. The van der Waals surface area contributed by atoms with Crippen LogP contribution in [-0.2, 0) is 75.3 Å². The van der Waals surface area contributed by atoms with Crippen molar-refractivity contribution in [2.24, 2.45) is 11.8 Å². The van der Waals surface area contributed by atoms with Crippen molar-refractivity contribution < 1.29 is 75.2 Å². The zero-order valence-corrected chi connectivity index (χ0v) is 41.6. The third-order valence-electron chi connectivity index (χ3n) is 12.4. The largest absolute Gasteiger partial charge is 0.508 e. The Labute approximate surface area is 412 Å². The van der Waals surface area contributed by atoms with Gasteiger partial charge >= 0.3 is 16.4 Å². The zero-order valence-electron chi connectivity index (χ0n) is 40.8. The first kappa shape index (κ1) is 57.1. The molecule has 0 saturated carbocycles. The number of phenols is 1. The van der Waals surface area contributed by atoms with Crippen LogP contribution in [0.25, 0.3) is 0 Å². The van der Waals surface area contributed by atoms with Gasteiger partial charge in [-0.15, -0.1) is 0 Å². The summed E-state index contributed by atoms with van der Waals surface area (Å²) in [6, 6.07) is 5.45. The fourth-order valence-electron chi connectivity index (χ4n) is 7.96. The molecule has 390 valence electrons. The third-order valence-corrected chi connectivity index (χ3v) is 12.8. The molecule has 23 nitrogen and oxygen atoms in total. The highest BCUT2D eigenvalue weighted by Gasteiger charge is 2.46. The van der Waals surface area contributed by atoms with Gasteiger partial charge in [-0.2, -0.15) is 8.42 Å². The summed E-state index contributed by atoms with van der Waals surface area (Å²) in [6.07, 6.45) is -3.81. The predicted octanol–water partition coefficient (Wildman–Crippen LogP) is -0.245. The number of carbonyl (C=O) groups excluding carboxylic acids is 8. The highest BCUT2D eigenvalue weighted by molar-refractivity contribution is 7.80. The monoisotopic (exact) mass is 1020 g/mol. The van der Waals surface area contributed by atoms with Gasteiger partial charge in [-0.3, -0.25) is 38.1 Å². The maximum Gasteiger partial charge on any atom is 0.397 e. The van der Waals surface area contributed by atoms with E-state index in [-0.39, 0.29) is 37.9 Å². The number of rotatable bonds is 15. The van der Waals surface area contributed by atoms with Crippen LogP contribution in [-0.4, -0.2) is 156 Å². The molecule has 10 atom stereocenters. The molecule has 2 heterocycles. The molecule has 2 fully saturated rings. The van der Waals surface area contributed by atoms with Crippen molar-refractivity contribution in [2.45, 2.75) is 128 Å². The second kappa shape index (κ2) is 25.6. The summed E-state index contributed by atoms with van der Waals surface area (Å²) in [6.45, 7) is 8.08. The van der Waals surface area contributed by atoms with Gasteiger partial charge in [0.05, 0.1) is 0 Å². The van der Waals surface area contributed by atoms with Crippen molar-refractivity contribution in [1.82, 2.24) is 36.4 Å². The Morgan fingerprint density at radius 1 is 0.901 bits per heavy atom. The summed E-state index contributed by atoms with van der Waals surface area (Å²) in [4.78, 5) is 116. The maximum absolute atomic E-state index is 15.0. The summed E-state index contributed by atoms with van der Waals surface area (Å²) in [7, 11) is -2.62. The van der Waals surface area contributed by atoms with Crippen LogP contribution in [0.5, 0.6) is 5.75 Å². The number of methoxy groups -OCH3 is 1. The minimum Gasteiger partial charge on any atom is -0.508 e. The van der Waals surface area contributed by atoms with Crippen LogP contribution >= 0.6 is 0 Å². The van der Waals surface area contributed by atoms with Gasteiger partial charge in [-0.1, -0.05) is 82.7 Å². The van der Waals surface area contributed by atoms with Crippen LogP contribution in [0.1, 0.15) is 71.9 Å². The predicted molar refractivity (Wildman–Crippen MR) is 252 cm³/mol. The number of benzene rings is 2. The van der Waals surface area contributed by atoms with Gasteiger partial charge in [0.2, 0.25) is 23.6 Å². The van der Waals surface area contributed by atoms with E-state index >= 15 is 4.79 Å². The number of piperidine rings is 1. The van der Waals surface area contributed by atoms with Gasteiger partial charge in [0.15, 0.2) is 6.10 Å². The summed E-state index contributed by atoms with van der Waals surface area (Å²) < 4.78 is 46.5. The molecular weight excluding hydrogens is 951 g/mol. The molecule has 2 aliphatic rings. The number of aliphatic hydroxyl groups is 1. The van der Waals surface area contributed by atoms with Crippen LogP contribution in [0.3, 0.4) is 0 Å². The molecule has 4 rings (SSSR count). The number of hydrogen-bond acceptors (Lipinski definition) is 15. The number of nitrogens with one attached hydrogen (secondary N) is 5. The van der Waals surface area contributed by atoms with E-state index in [1.54, 1.807) is 44.2 Å². The van der Waals surface area contributed by atoms with E-state index < -0.39 is 137 Å². The first-order valence-corrected chi connectivity index (χ1v) is 24.4. The standard InChI is InChI=1S/C47H65N7O16S/c1-9-26(5)38-47(64)70-27(6)39(52-43(60)37(25(3)4)50-42(59)35(68-8)24-69-71(65,66)67)44(61)48-31(10-2)40(57)49-32-20-21-36(56)54(45(32)62)34(23-28-14-12-11-13-15-28)46(63)53(7)33(41(58)51-38)22-29-16-18-30(55)19-17-29/h10-19,25-27,32-39,55-56H,9,20-24H2,1-8H3,(H,48,61)(H,49,57)(H,50,59)(H,51,58)(H,52,60)(H,65,66,67)/b31-10-/t26-,27-,32+,33+,34+,35-,36-,37+,38+,39-/m1/s1. The number of likely N-dealkylation sites (N-methyl/N-ethyl adjacent to an activating group) is 1. The molecule has 2 aromatic rings. The second-order valence-electron chi connectivity index (χ2n) is 17.7. The number of carbonyl (C=O) groups is 8. The molecule has 0 aromatic heterocycles. The van der Waals surface area contributed by atoms with Crippen LogP contribution in [0.15, 0.2) is 66.4 Å². The van der Waals surface area contributed by atoms with E-state index in [0.29, 0.717) is 11.1 Å². The van der Waals surface area contributed by atoms with Gasteiger partial charge < -0.3 is 56.1 Å². The summed E-state index contributed by atoms with van der Waals surface area (Å²) in [5, 5.41) is 34.1. The van der Waals surface area contributed by atoms with E-state index in [2.05, 4.69) is 30.8 Å². The number of allylic oxidation sites excluding steroid dienone is 1. The Balaban J connectivity index is 1.84. The van der Waals surface area contributed by atoms with Gasteiger partial charge in [0.25, 0.3) is 17.7 Å². The Bertz CT molecular complexity index is 2390. The lowest BCUT2D eigenvalue weighted by molar-refractivity contribution is -0.165. The molecule has 7 amide bonds. The number of ether oxygens (including phenoxy) is 2. The first-order chi connectivity index (χ1) is 33.4. The van der Waals surface area contributed by atoms with E-state index in [1.165, 1.54) is 65.1 Å². The Morgan fingerprint density at radius 3 is 2.10 bits per heavy atom. The molecule has 0 radical (unpaired) electrons. The topological polar surface area (TPSA) is 326 Å². The molecule has 0 spiro atoms. The number of phenolic OH excluding ortho intramolecular Hbond substituents is 1. The minimum atomic E-state index is -4.99. The van der Waals surface area contributed by atoms with E-state index in [9.17, 15) is 52.2 Å². The van der Waals surface area contributed by atoms with Gasteiger partial charge in [0, 0.05) is 27.0 Å². The molecule has 0 unspecified atom stereocenters. The lowest BCUT2D eigenvalue weighted by Crippen LogP contribution is -2.64. The smallest absolute Gasteiger partial charge is 0.397 e. The number of amides is 7. The van der Waals surface area contributed by atoms with E-state index in [4.69, 9.17) is 14.0 Å². The Hall–Kier alpha value is -6.47. The molecule has 2 saturated heterocycles. The van der Waals surface area contributed by atoms with Gasteiger partial charge in [-0.25, -0.2) is 8.98 Å². The second-order valence-corrected chi connectivity index (χ2v) is 18.8. The fraction of sp³-hybridized carbons (Fsp3) is 0.532. The SMILES string of the molecule is C/C=C1\NC(=O)[C@H](NC(=O)[C@@H](NC(=O)[C@@H](COS(=O)(=O)O)OC)C(C)C)[C@@H](C)OC(=O)[C@H]([C@H](C)CC)NC(=O)[C@H](Cc2ccc(O)cc2)N(C)C(=O)[C@H](Cc2ccccc2)N2C(=O)[C@H](CC[C@H]2O)NC1=O. The number of esters is 1. The van der Waals surface area contributed by atoms with Crippen molar-refractivity contribution in [3.8, 4) is 5.75 Å². The maximum atomic E-state index is 15.0. The number of cyclic esters (lactones) is 1. The van der Waals surface area contributed by atoms with Gasteiger partial charge in [0.1, 0.15) is 66.6 Å². The molecule has 0 aliphatic carbocycles. The van der Waals surface area contributed by atoms with Crippen molar-refractivity contribution in [2.75, 3.05) is 20.8 Å². The molecule has 2 bridgehead atoms. The van der Waals surface area contributed by atoms with Crippen molar-refractivity contribution >= 4 is 57.7 Å². The number of aromatic hydroxyl groups is 1.